The van der Waals surface area contributed by atoms with Gasteiger partial charge in [0.25, 0.3) is 5.91 Å². The molecule has 25 heavy (non-hydrogen) atoms. The number of hydrogen-bond acceptors (Lipinski definition) is 4. The van der Waals surface area contributed by atoms with Crippen LogP contribution in [0.25, 0.3) is 0 Å². The van der Waals surface area contributed by atoms with Crippen LogP contribution in [-0.2, 0) is 4.79 Å². The molecule has 0 bridgehead atoms. The van der Waals surface area contributed by atoms with Crippen molar-refractivity contribution in [2.24, 2.45) is 0 Å². The van der Waals surface area contributed by atoms with Crippen LogP contribution in [0.5, 0.6) is 5.75 Å². The zero-order valence-corrected chi connectivity index (χ0v) is 14.5. The first-order chi connectivity index (χ1) is 11.9. The molecule has 0 saturated carbocycles. The van der Waals surface area contributed by atoms with E-state index in [1.165, 1.54) is 17.8 Å². The lowest BCUT2D eigenvalue weighted by Gasteiger charge is -2.09. The monoisotopic (exact) mass is 335 g/mol. The molecule has 5 heteroatoms. The molecule has 2 aromatic carbocycles. The van der Waals surface area contributed by atoms with Crippen molar-refractivity contribution in [1.82, 2.24) is 0 Å². The first-order valence-electron chi connectivity index (χ1n) is 7.98. The van der Waals surface area contributed by atoms with Crippen molar-refractivity contribution in [3.63, 3.8) is 0 Å². The van der Waals surface area contributed by atoms with E-state index >= 15 is 0 Å². The highest BCUT2D eigenvalue weighted by Crippen LogP contribution is 2.21. The van der Waals surface area contributed by atoms with Gasteiger partial charge in [-0.3, -0.25) is 4.79 Å². The van der Waals surface area contributed by atoms with Crippen LogP contribution in [0, 0.1) is 18.3 Å². The molecule has 0 spiro atoms. The van der Waals surface area contributed by atoms with Crippen molar-refractivity contribution in [2.45, 2.75) is 26.7 Å². The number of carbonyl (C=O) groups is 1. The normalized spacial score (nSPS) is 11.1. The summed E-state index contributed by atoms with van der Waals surface area (Å²) in [6, 6.07) is 14.3. The maximum absolute atomic E-state index is 12.2. The smallest absolute Gasteiger partial charge is 0.267 e. The molecule has 128 valence electrons. The molecule has 2 aromatic rings. The number of rotatable bonds is 5. The molecule has 0 aliphatic heterocycles. The third-order valence-corrected chi connectivity index (χ3v) is 3.78. The molecule has 0 aromatic heterocycles. The predicted molar refractivity (Wildman–Crippen MR) is 99.3 cm³/mol. The van der Waals surface area contributed by atoms with E-state index in [9.17, 15) is 15.2 Å². The zero-order valence-electron chi connectivity index (χ0n) is 14.5. The van der Waals surface area contributed by atoms with Gasteiger partial charge >= 0.3 is 0 Å². The summed E-state index contributed by atoms with van der Waals surface area (Å²) in [5, 5.41) is 24.3. The summed E-state index contributed by atoms with van der Waals surface area (Å²) in [5.41, 5.74) is 3.23. The van der Waals surface area contributed by atoms with Crippen molar-refractivity contribution >= 4 is 17.3 Å². The molecule has 0 atom stereocenters. The van der Waals surface area contributed by atoms with Gasteiger partial charge in [0, 0.05) is 17.6 Å². The molecule has 0 aliphatic rings. The average Bonchev–Trinajstić information content (AvgIpc) is 2.58. The second-order valence-electron chi connectivity index (χ2n) is 6.04. The quantitative estimate of drug-likeness (QED) is 0.432. The molecule has 3 N–H and O–H groups in total. The fourth-order valence-electron chi connectivity index (χ4n) is 2.25. The lowest BCUT2D eigenvalue weighted by molar-refractivity contribution is -0.112. The number of phenolic OH excluding ortho intramolecular Hbond substituents is 1. The van der Waals surface area contributed by atoms with Crippen molar-refractivity contribution in [3.05, 3.63) is 65.4 Å². The number of phenols is 1. The minimum absolute atomic E-state index is 0.0413. The number of nitrogens with zero attached hydrogens (tertiary/aromatic N) is 1. The Labute approximate surface area is 147 Å². The Bertz CT molecular complexity index is 831. The molecular weight excluding hydrogens is 314 g/mol. The largest absolute Gasteiger partial charge is 0.508 e. The van der Waals surface area contributed by atoms with E-state index in [-0.39, 0.29) is 11.3 Å². The number of hydrogen-bond donors (Lipinski definition) is 3. The van der Waals surface area contributed by atoms with E-state index in [0.717, 1.165) is 5.69 Å². The first kappa shape index (κ1) is 18.1. The third-order valence-electron chi connectivity index (χ3n) is 3.78. The molecule has 2 rings (SSSR count). The Morgan fingerprint density at radius 2 is 1.88 bits per heavy atom. The van der Waals surface area contributed by atoms with Crippen molar-refractivity contribution in [2.75, 3.05) is 10.6 Å². The zero-order chi connectivity index (χ0) is 18.4. The second kappa shape index (κ2) is 8.02. The van der Waals surface area contributed by atoms with Gasteiger partial charge in [0.2, 0.25) is 0 Å². The molecule has 0 heterocycles. The molecule has 0 unspecified atom stereocenters. The Balaban J connectivity index is 2.08. The van der Waals surface area contributed by atoms with Crippen LogP contribution in [0.1, 0.15) is 30.9 Å². The topological polar surface area (TPSA) is 85.2 Å². The van der Waals surface area contributed by atoms with E-state index < -0.39 is 5.91 Å². The van der Waals surface area contributed by atoms with E-state index in [1.54, 1.807) is 19.1 Å². The fourth-order valence-corrected chi connectivity index (χ4v) is 2.25. The average molecular weight is 335 g/mol. The van der Waals surface area contributed by atoms with Gasteiger partial charge in [-0.1, -0.05) is 26.0 Å². The molecule has 0 radical (unpaired) electrons. The lowest BCUT2D eigenvalue weighted by Crippen LogP contribution is -2.15. The highest BCUT2D eigenvalue weighted by Gasteiger charge is 2.11. The van der Waals surface area contributed by atoms with Crippen LogP contribution >= 0.6 is 0 Å². The first-order valence-corrected chi connectivity index (χ1v) is 7.98. The Kier molecular flexibility index (Phi) is 5.80. The molecular formula is C20H21N3O2. The van der Waals surface area contributed by atoms with Crippen LogP contribution in [-0.4, -0.2) is 11.0 Å². The predicted octanol–water partition coefficient (Wildman–Crippen LogP) is 4.28. The van der Waals surface area contributed by atoms with Crippen LogP contribution in [0.2, 0.25) is 0 Å². The third kappa shape index (κ3) is 4.85. The van der Waals surface area contributed by atoms with Crippen LogP contribution < -0.4 is 10.6 Å². The summed E-state index contributed by atoms with van der Waals surface area (Å²) in [4.78, 5) is 12.2. The summed E-state index contributed by atoms with van der Waals surface area (Å²) in [6.07, 6.45) is 1.38. The molecule has 0 aliphatic carbocycles. The number of aryl methyl sites for hydroxylation is 1. The summed E-state index contributed by atoms with van der Waals surface area (Å²) in [6.45, 7) is 6.00. The van der Waals surface area contributed by atoms with Gasteiger partial charge < -0.3 is 15.7 Å². The van der Waals surface area contributed by atoms with Gasteiger partial charge in [-0.05, 0) is 54.3 Å². The number of nitriles is 1. The number of anilines is 2. The minimum Gasteiger partial charge on any atom is -0.508 e. The van der Waals surface area contributed by atoms with Crippen molar-refractivity contribution in [3.8, 4) is 11.8 Å². The second-order valence-corrected chi connectivity index (χ2v) is 6.04. The maximum Gasteiger partial charge on any atom is 0.267 e. The number of aromatic hydroxyl groups is 1. The van der Waals surface area contributed by atoms with Gasteiger partial charge in [0.15, 0.2) is 0 Å². The molecule has 1 amide bonds. The van der Waals surface area contributed by atoms with Gasteiger partial charge in [0.05, 0.1) is 0 Å². The minimum atomic E-state index is -0.511. The number of benzene rings is 2. The molecule has 0 fully saturated rings. The van der Waals surface area contributed by atoms with Gasteiger partial charge in [-0.2, -0.15) is 5.26 Å². The Morgan fingerprint density at radius 3 is 2.44 bits per heavy atom. The highest BCUT2D eigenvalue weighted by atomic mass is 16.3. The van der Waals surface area contributed by atoms with E-state index in [0.29, 0.717) is 17.2 Å². The van der Waals surface area contributed by atoms with E-state index in [4.69, 9.17) is 0 Å². The van der Waals surface area contributed by atoms with Gasteiger partial charge in [0.1, 0.15) is 17.4 Å². The van der Waals surface area contributed by atoms with Crippen LogP contribution in [0.15, 0.2) is 54.2 Å². The SMILES string of the molecule is Cc1cc(O)ccc1NC(=O)/C(C#N)=C\Nc1ccc(C(C)C)cc1. The summed E-state index contributed by atoms with van der Waals surface area (Å²) < 4.78 is 0. The van der Waals surface area contributed by atoms with Crippen molar-refractivity contribution < 1.29 is 9.90 Å². The molecule has 5 nitrogen and oxygen atoms in total. The Morgan fingerprint density at radius 1 is 1.20 bits per heavy atom. The number of carbonyl (C=O) groups excluding carboxylic acids is 1. The highest BCUT2D eigenvalue weighted by molar-refractivity contribution is 6.07. The van der Waals surface area contributed by atoms with Gasteiger partial charge in [-0.15, -0.1) is 0 Å². The maximum atomic E-state index is 12.2. The van der Waals surface area contributed by atoms with E-state index in [1.807, 2.05) is 30.3 Å². The Hall–Kier alpha value is -3.26. The van der Waals surface area contributed by atoms with E-state index in [2.05, 4.69) is 24.5 Å². The number of nitrogens with one attached hydrogen (secondary N) is 2. The van der Waals surface area contributed by atoms with Crippen LogP contribution in [0.3, 0.4) is 0 Å². The van der Waals surface area contributed by atoms with Gasteiger partial charge in [-0.25, -0.2) is 0 Å². The lowest BCUT2D eigenvalue weighted by atomic mass is 10.0. The summed E-state index contributed by atoms with van der Waals surface area (Å²) in [7, 11) is 0. The molecule has 0 saturated heterocycles. The fraction of sp³-hybridized carbons (Fsp3) is 0.200. The standard InChI is InChI=1S/C20H21N3O2/c1-13(2)15-4-6-17(7-5-15)22-12-16(11-21)20(25)23-19-9-8-18(24)10-14(19)3/h4-10,12-13,22,24H,1-3H3,(H,23,25)/b16-12-. The van der Waals surface area contributed by atoms with Crippen molar-refractivity contribution in [1.29, 1.82) is 5.26 Å². The van der Waals surface area contributed by atoms with Crippen LogP contribution in [0.4, 0.5) is 11.4 Å². The summed E-state index contributed by atoms with van der Waals surface area (Å²) in [5.74, 6) is 0.0548. The summed E-state index contributed by atoms with van der Waals surface area (Å²) >= 11 is 0. The number of amides is 1.